The maximum Gasteiger partial charge on any atom is 0.244 e. The Morgan fingerprint density at radius 3 is 2.38 bits per heavy atom. The van der Waals surface area contributed by atoms with Crippen LogP contribution in [0, 0.1) is 0 Å². The average Bonchev–Trinajstić information content (AvgIpc) is 3.38. The summed E-state index contributed by atoms with van der Waals surface area (Å²) in [5.74, 6) is 0.898. The highest BCUT2D eigenvalue weighted by molar-refractivity contribution is 7.89. The molecule has 3 heterocycles. The molecular formula is C26H32N8O2S. The maximum atomic E-state index is 12.9. The van der Waals surface area contributed by atoms with E-state index in [9.17, 15) is 8.42 Å². The molecule has 194 valence electrons. The summed E-state index contributed by atoms with van der Waals surface area (Å²) in [6, 6.07) is 16.9. The number of para-hydroxylation sites is 1. The van der Waals surface area contributed by atoms with Crippen molar-refractivity contribution >= 4 is 49.9 Å². The van der Waals surface area contributed by atoms with Crippen molar-refractivity contribution in [3.05, 3.63) is 60.8 Å². The van der Waals surface area contributed by atoms with Crippen LogP contribution < -0.4 is 15.5 Å². The number of nitrogens with one attached hydrogen (secondary N) is 3. The minimum Gasteiger partial charge on any atom is -0.369 e. The Morgan fingerprint density at radius 2 is 1.68 bits per heavy atom. The molecule has 4 aromatic rings. The molecule has 0 spiro atoms. The second kappa shape index (κ2) is 10.4. The van der Waals surface area contributed by atoms with Gasteiger partial charge in [0.05, 0.1) is 11.1 Å². The molecule has 5 rings (SSSR count). The van der Waals surface area contributed by atoms with E-state index in [1.54, 1.807) is 30.5 Å². The van der Waals surface area contributed by atoms with Gasteiger partial charge >= 0.3 is 0 Å². The predicted octanol–water partition coefficient (Wildman–Crippen LogP) is 3.84. The van der Waals surface area contributed by atoms with Crippen LogP contribution in [0.4, 0.5) is 28.8 Å². The fourth-order valence-corrected chi connectivity index (χ4v) is 5.46. The number of rotatable bonds is 8. The van der Waals surface area contributed by atoms with E-state index < -0.39 is 10.0 Å². The lowest BCUT2D eigenvalue weighted by molar-refractivity contribution is 0.271. The van der Waals surface area contributed by atoms with E-state index in [-0.39, 0.29) is 4.90 Å². The van der Waals surface area contributed by atoms with E-state index in [1.807, 2.05) is 18.2 Å². The molecule has 37 heavy (non-hydrogen) atoms. The molecule has 10 nitrogen and oxygen atoms in total. The number of anilines is 5. The van der Waals surface area contributed by atoms with Crippen molar-refractivity contribution in [2.24, 2.45) is 0 Å². The lowest BCUT2D eigenvalue weighted by atomic mass is 10.2. The van der Waals surface area contributed by atoms with Crippen LogP contribution in [0.3, 0.4) is 0 Å². The molecule has 0 unspecified atom stereocenters. The highest BCUT2D eigenvalue weighted by Gasteiger charge is 2.22. The van der Waals surface area contributed by atoms with E-state index >= 15 is 0 Å². The van der Waals surface area contributed by atoms with E-state index in [0.717, 1.165) is 43.8 Å². The molecular weight excluding hydrogens is 488 g/mol. The molecule has 11 heteroatoms. The van der Waals surface area contributed by atoms with Crippen LogP contribution in [0.5, 0.6) is 0 Å². The Morgan fingerprint density at radius 1 is 0.946 bits per heavy atom. The molecule has 1 fully saturated rings. The van der Waals surface area contributed by atoms with Gasteiger partial charge in [-0.2, -0.15) is 9.97 Å². The number of fused-ring (bicyclic) bond motifs is 1. The Labute approximate surface area is 217 Å². The number of hydrogen-bond donors (Lipinski definition) is 3. The number of sulfonamides is 1. The van der Waals surface area contributed by atoms with Gasteiger partial charge in [-0.1, -0.05) is 19.1 Å². The molecule has 0 aliphatic carbocycles. The number of benzene rings is 2. The summed E-state index contributed by atoms with van der Waals surface area (Å²) in [6.07, 6.45) is 1.78. The minimum absolute atomic E-state index is 0.173. The highest BCUT2D eigenvalue weighted by atomic mass is 32.2. The van der Waals surface area contributed by atoms with Crippen molar-refractivity contribution in [2.75, 3.05) is 62.4 Å². The Bertz CT molecular complexity index is 1480. The molecule has 1 aliphatic rings. The van der Waals surface area contributed by atoms with Crippen LogP contribution >= 0.6 is 0 Å². The molecule has 0 amide bonds. The van der Waals surface area contributed by atoms with Gasteiger partial charge in [0.2, 0.25) is 16.0 Å². The van der Waals surface area contributed by atoms with Gasteiger partial charge in [-0.25, -0.2) is 12.7 Å². The van der Waals surface area contributed by atoms with Gasteiger partial charge in [-0.3, -0.25) is 0 Å². The normalized spacial score (nSPS) is 14.9. The molecule has 0 bridgehead atoms. The summed E-state index contributed by atoms with van der Waals surface area (Å²) >= 11 is 0. The zero-order valence-corrected chi connectivity index (χ0v) is 22.1. The lowest BCUT2D eigenvalue weighted by Gasteiger charge is -2.35. The van der Waals surface area contributed by atoms with Crippen molar-refractivity contribution in [3.8, 4) is 0 Å². The Balaban J connectivity index is 1.39. The minimum atomic E-state index is -3.65. The highest BCUT2D eigenvalue weighted by Crippen LogP contribution is 2.30. The molecule has 0 saturated carbocycles. The SMILES string of the molecule is CCN1CCN(c2ccc(Nc3nc(Nc4ccccc4S(=O)(=O)N(C)C)c4cc[nH]c4n3)cc2)CC1. The maximum absolute atomic E-state index is 12.9. The smallest absolute Gasteiger partial charge is 0.244 e. The number of likely N-dealkylation sites (N-methyl/N-ethyl adjacent to an activating group) is 1. The lowest BCUT2D eigenvalue weighted by Crippen LogP contribution is -2.46. The summed E-state index contributed by atoms with van der Waals surface area (Å²) in [6.45, 7) is 7.49. The van der Waals surface area contributed by atoms with Crippen LogP contribution in [0.2, 0.25) is 0 Å². The van der Waals surface area contributed by atoms with Gasteiger partial charge in [0.25, 0.3) is 0 Å². The summed E-state index contributed by atoms with van der Waals surface area (Å²) in [5.41, 5.74) is 3.14. The number of H-pyrrole nitrogens is 1. The monoisotopic (exact) mass is 520 g/mol. The quantitative estimate of drug-likeness (QED) is 0.322. The second-order valence-electron chi connectivity index (χ2n) is 9.14. The summed E-state index contributed by atoms with van der Waals surface area (Å²) in [5, 5.41) is 7.26. The zero-order valence-electron chi connectivity index (χ0n) is 21.3. The molecule has 1 aliphatic heterocycles. The first-order chi connectivity index (χ1) is 17.8. The number of piperazine rings is 1. The molecule has 3 N–H and O–H groups in total. The van der Waals surface area contributed by atoms with Crippen molar-refractivity contribution < 1.29 is 8.42 Å². The second-order valence-corrected chi connectivity index (χ2v) is 11.3. The van der Waals surface area contributed by atoms with Gasteiger partial charge in [0.1, 0.15) is 16.4 Å². The molecule has 0 radical (unpaired) electrons. The first kappa shape index (κ1) is 25.0. The van der Waals surface area contributed by atoms with E-state index in [0.29, 0.717) is 23.1 Å². The van der Waals surface area contributed by atoms with Crippen molar-refractivity contribution in [1.29, 1.82) is 0 Å². The van der Waals surface area contributed by atoms with Gasteiger partial charge in [0, 0.05) is 57.8 Å². The predicted molar refractivity (Wildman–Crippen MR) is 149 cm³/mol. The largest absolute Gasteiger partial charge is 0.369 e. The molecule has 1 saturated heterocycles. The third-order valence-electron chi connectivity index (χ3n) is 6.62. The van der Waals surface area contributed by atoms with Gasteiger partial charge < -0.3 is 25.4 Å². The van der Waals surface area contributed by atoms with Crippen LogP contribution in [-0.4, -0.2) is 79.4 Å². The van der Waals surface area contributed by atoms with Crippen LogP contribution in [0.25, 0.3) is 11.0 Å². The van der Waals surface area contributed by atoms with Crippen LogP contribution in [-0.2, 0) is 10.0 Å². The van der Waals surface area contributed by atoms with Crippen molar-refractivity contribution in [3.63, 3.8) is 0 Å². The van der Waals surface area contributed by atoms with Crippen LogP contribution in [0.15, 0.2) is 65.7 Å². The standard InChI is InChI=1S/C26H32N8O2S/c1-4-33-15-17-34(18-16-33)20-11-9-19(10-12-20)28-26-30-24-21(13-14-27-24)25(31-26)29-22-7-5-6-8-23(22)37(35,36)32(2)3/h5-14H,4,15-18H2,1-3H3,(H3,27,28,29,30,31). The average molecular weight is 521 g/mol. The topological polar surface area (TPSA) is 109 Å². The Kier molecular flexibility index (Phi) is 7.00. The molecule has 2 aromatic heterocycles. The molecule has 2 aromatic carbocycles. The van der Waals surface area contributed by atoms with Gasteiger partial charge in [0.15, 0.2) is 0 Å². The van der Waals surface area contributed by atoms with Crippen LogP contribution in [0.1, 0.15) is 6.92 Å². The third kappa shape index (κ3) is 5.24. The Hall–Kier alpha value is -3.67. The number of aromatic nitrogens is 3. The van der Waals surface area contributed by atoms with E-state index in [2.05, 4.69) is 54.4 Å². The van der Waals surface area contributed by atoms with E-state index in [4.69, 9.17) is 0 Å². The first-order valence-electron chi connectivity index (χ1n) is 12.3. The fraction of sp³-hybridized carbons (Fsp3) is 0.308. The van der Waals surface area contributed by atoms with E-state index in [1.165, 1.54) is 24.1 Å². The van der Waals surface area contributed by atoms with Gasteiger partial charge in [-0.05, 0) is 49.0 Å². The number of nitrogens with zero attached hydrogens (tertiary/aromatic N) is 5. The zero-order chi connectivity index (χ0) is 26.0. The summed E-state index contributed by atoms with van der Waals surface area (Å²) < 4.78 is 26.9. The van der Waals surface area contributed by atoms with Crippen molar-refractivity contribution in [2.45, 2.75) is 11.8 Å². The molecule has 0 atom stereocenters. The number of hydrogen-bond acceptors (Lipinski definition) is 8. The number of aromatic amines is 1. The first-order valence-corrected chi connectivity index (χ1v) is 13.8. The van der Waals surface area contributed by atoms with Crippen molar-refractivity contribution in [1.82, 2.24) is 24.2 Å². The fourth-order valence-electron chi connectivity index (χ4n) is 4.42. The van der Waals surface area contributed by atoms with Gasteiger partial charge in [-0.15, -0.1) is 0 Å². The summed E-state index contributed by atoms with van der Waals surface area (Å²) in [7, 11) is -0.620. The third-order valence-corrected chi connectivity index (χ3v) is 8.50. The summed E-state index contributed by atoms with van der Waals surface area (Å²) in [4.78, 5) is 17.4.